The van der Waals surface area contributed by atoms with Gasteiger partial charge in [-0.1, -0.05) is 35.9 Å². The van der Waals surface area contributed by atoms with Crippen LogP contribution in [0.15, 0.2) is 48.8 Å². The first-order chi connectivity index (χ1) is 12.5. The summed E-state index contributed by atoms with van der Waals surface area (Å²) >= 11 is 1.68. The number of benzene rings is 2. The van der Waals surface area contributed by atoms with E-state index in [4.69, 9.17) is 4.74 Å². The summed E-state index contributed by atoms with van der Waals surface area (Å²) in [7, 11) is 0. The number of aromatic nitrogens is 2. The lowest BCUT2D eigenvalue weighted by atomic mass is 10.0. The summed E-state index contributed by atoms with van der Waals surface area (Å²) in [5, 5.41) is 1.01. The largest absolute Gasteiger partial charge is 0.438 e. The Hall–Kier alpha value is -2.72. The SMILES string of the molecule is Cc1ccc(-c2ccc(Oc3ncnc4sc(C)c(C)c34)c(C)c2)cc1. The van der Waals surface area contributed by atoms with Crippen molar-refractivity contribution in [3.8, 4) is 22.8 Å². The van der Waals surface area contributed by atoms with E-state index < -0.39 is 0 Å². The molecule has 0 radical (unpaired) electrons. The smallest absolute Gasteiger partial charge is 0.231 e. The van der Waals surface area contributed by atoms with Gasteiger partial charge in [0.2, 0.25) is 5.88 Å². The molecule has 26 heavy (non-hydrogen) atoms. The van der Waals surface area contributed by atoms with E-state index in [9.17, 15) is 0 Å². The van der Waals surface area contributed by atoms with Crippen LogP contribution >= 0.6 is 11.3 Å². The van der Waals surface area contributed by atoms with Gasteiger partial charge in [-0.2, -0.15) is 0 Å². The summed E-state index contributed by atoms with van der Waals surface area (Å²) in [6, 6.07) is 14.8. The minimum Gasteiger partial charge on any atom is -0.438 e. The van der Waals surface area contributed by atoms with E-state index in [2.05, 4.69) is 74.1 Å². The van der Waals surface area contributed by atoms with Gasteiger partial charge in [-0.05, 0) is 62.1 Å². The van der Waals surface area contributed by atoms with E-state index in [1.165, 1.54) is 27.1 Å². The minimum absolute atomic E-state index is 0.628. The number of ether oxygens (including phenoxy) is 1. The number of hydrogen-bond donors (Lipinski definition) is 0. The average molecular weight is 360 g/mol. The van der Waals surface area contributed by atoms with Gasteiger partial charge in [0.15, 0.2) is 0 Å². The fourth-order valence-electron chi connectivity index (χ4n) is 3.02. The van der Waals surface area contributed by atoms with Gasteiger partial charge in [-0.15, -0.1) is 11.3 Å². The van der Waals surface area contributed by atoms with Gasteiger partial charge in [0, 0.05) is 4.88 Å². The molecule has 2 heterocycles. The fourth-order valence-corrected chi connectivity index (χ4v) is 4.01. The van der Waals surface area contributed by atoms with Crippen LogP contribution in [0.25, 0.3) is 21.3 Å². The average Bonchev–Trinajstić information content (AvgIpc) is 2.92. The first kappa shape index (κ1) is 16.7. The van der Waals surface area contributed by atoms with Crippen LogP contribution in [-0.2, 0) is 0 Å². The molecule has 0 unspecified atom stereocenters. The molecular formula is C22H20N2OS. The van der Waals surface area contributed by atoms with Gasteiger partial charge in [-0.3, -0.25) is 0 Å². The maximum absolute atomic E-state index is 6.18. The quantitative estimate of drug-likeness (QED) is 0.425. The normalized spacial score (nSPS) is 11.1. The summed E-state index contributed by atoms with van der Waals surface area (Å²) in [4.78, 5) is 11.0. The van der Waals surface area contributed by atoms with Crippen LogP contribution in [0.5, 0.6) is 11.6 Å². The Morgan fingerprint density at radius 3 is 2.31 bits per heavy atom. The maximum Gasteiger partial charge on any atom is 0.231 e. The predicted molar refractivity (Wildman–Crippen MR) is 108 cm³/mol. The van der Waals surface area contributed by atoms with Crippen molar-refractivity contribution < 1.29 is 4.74 Å². The lowest BCUT2D eigenvalue weighted by molar-refractivity contribution is 0.464. The molecule has 0 aliphatic carbocycles. The zero-order chi connectivity index (χ0) is 18.3. The van der Waals surface area contributed by atoms with Gasteiger partial charge in [0.05, 0.1) is 5.39 Å². The van der Waals surface area contributed by atoms with Gasteiger partial charge in [-0.25, -0.2) is 9.97 Å². The van der Waals surface area contributed by atoms with Crippen LogP contribution in [0.1, 0.15) is 21.6 Å². The molecule has 2 aromatic heterocycles. The molecule has 0 N–H and O–H groups in total. The van der Waals surface area contributed by atoms with Crippen molar-refractivity contribution in [2.45, 2.75) is 27.7 Å². The van der Waals surface area contributed by atoms with Crippen LogP contribution < -0.4 is 4.74 Å². The van der Waals surface area contributed by atoms with Crippen LogP contribution in [-0.4, -0.2) is 9.97 Å². The molecule has 0 aliphatic heterocycles. The summed E-state index contributed by atoms with van der Waals surface area (Å²) in [6.45, 7) is 8.37. The van der Waals surface area contributed by atoms with Crippen LogP contribution in [0, 0.1) is 27.7 Å². The highest BCUT2D eigenvalue weighted by Crippen LogP contribution is 2.37. The predicted octanol–water partition coefficient (Wildman–Crippen LogP) is 6.38. The number of thiophene rings is 1. The molecule has 4 rings (SSSR count). The number of hydrogen-bond acceptors (Lipinski definition) is 4. The van der Waals surface area contributed by atoms with Crippen molar-refractivity contribution in [1.82, 2.24) is 9.97 Å². The van der Waals surface area contributed by atoms with Crippen LogP contribution in [0.3, 0.4) is 0 Å². The molecule has 0 fully saturated rings. The molecule has 0 aliphatic rings. The topological polar surface area (TPSA) is 35.0 Å². The maximum atomic E-state index is 6.18. The van der Waals surface area contributed by atoms with Crippen molar-refractivity contribution in [1.29, 1.82) is 0 Å². The van der Waals surface area contributed by atoms with Gasteiger partial charge in [0.25, 0.3) is 0 Å². The standard InChI is InChI=1S/C22H20N2OS/c1-13-5-7-17(8-6-13)18-9-10-19(14(2)11-18)25-21-20-15(3)16(4)26-22(20)24-12-23-21/h5-12H,1-4H3. The summed E-state index contributed by atoms with van der Waals surface area (Å²) < 4.78 is 6.18. The third-order valence-electron chi connectivity index (χ3n) is 4.70. The number of rotatable bonds is 3. The monoisotopic (exact) mass is 360 g/mol. The van der Waals surface area contributed by atoms with E-state index in [1.54, 1.807) is 17.7 Å². The molecule has 0 spiro atoms. The minimum atomic E-state index is 0.628. The van der Waals surface area contributed by atoms with Crippen LogP contribution in [0.2, 0.25) is 0 Å². The Bertz CT molecular complexity index is 1100. The molecule has 4 heteroatoms. The van der Waals surface area contributed by atoms with Gasteiger partial charge >= 0.3 is 0 Å². The second kappa shape index (κ2) is 6.54. The van der Waals surface area contributed by atoms with E-state index in [0.717, 1.165) is 21.5 Å². The van der Waals surface area contributed by atoms with E-state index >= 15 is 0 Å². The molecule has 0 bridgehead atoms. The fraction of sp³-hybridized carbons (Fsp3) is 0.182. The Morgan fingerprint density at radius 1 is 0.846 bits per heavy atom. The van der Waals surface area contributed by atoms with E-state index in [-0.39, 0.29) is 0 Å². The molecular weight excluding hydrogens is 340 g/mol. The lowest BCUT2D eigenvalue weighted by Gasteiger charge is -2.11. The van der Waals surface area contributed by atoms with Crippen LogP contribution in [0.4, 0.5) is 0 Å². The number of nitrogens with zero attached hydrogens (tertiary/aromatic N) is 2. The number of aryl methyl sites for hydroxylation is 4. The second-order valence-electron chi connectivity index (χ2n) is 6.59. The van der Waals surface area contributed by atoms with Crippen molar-refractivity contribution in [3.63, 3.8) is 0 Å². The van der Waals surface area contributed by atoms with E-state index in [1.807, 2.05) is 6.07 Å². The molecule has 0 saturated carbocycles. The molecule has 0 atom stereocenters. The zero-order valence-corrected chi connectivity index (χ0v) is 16.1. The second-order valence-corrected chi connectivity index (χ2v) is 7.79. The lowest BCUT2D eigenvalue weighted by Crippen LogP contribution is -1.93. The summed E-state index contributed by atoms with van der Waals surface area (Å²) in [6.07, 6.45) is 1.57. The first-order valence-corrected chi connectivity index (χ1v) is 9.41. The number of fused-ring (bicyclic) bond motifs is 1. The molecule has 4 aromatic rings. The summed E-state index contributed by atoms with van der Waals surface area (Å²) in [5.74, 6) is 1.45. The molecule has 0 amide bonds. The molecule has 0 saturated heterocycles. The van der Waals surface area contributed by atoms with Crippen molar-refractivity contribution >= 4 is 21.6 Å². The highest BCUT2D eigenvalue weighted by Gasteiger charge is 2.14. The molecule has 130 valence electrons. The molecule has 3 nitrogen and oxygen atoms in total. The Kier molecular flexibility index (Phi) is 4.21. The first-order valence-electron chi connectivity index (χ1n) is 8.59. The highest BCUT2D eigenvalue weighted by molar-refractivity contribution is 7.18. The van der Waals surface area contributed by atoms with Crippen molar-refractivity contribution in [3.05, 3.63) is 70.4 Å². The van der Waals surface area contributed by atoms with Gasteiger partial charge in [0.1, 0.15) is 16.9 Å². The van der Waals surface area contributed by atoms with E-state index in [0.29, 0.717) is 5.88 Å². The molecule has 2 aromatic carbocycles. The van der Waals surface area contributed by atoms with Gasteiger partial charge < -0.3 is 4.74 Å². The Labute approximate surface area is 157 Å². The third kappa shape index (κ3) is 2.97. The Balaban J connectivity index is 1.70. The zero-order valence-electron chi connectivity index (χ0n) is 15.3. The highest BCUT2D eigenvalue weighted by atomic mass is 32.1. The third-order valence-corrected chi connectivity index (χ3v) is 5.81. The van der Waals surface area contributed by atoms with Crippen molar-refractivity contribution in [2.75, 3.05) is 0 Å². The Morgan fingerprint density at radius 2 is 1.58 bits per heavy atom. The summed E-state index contributed by atoms with van der Waals surface area (Å²) in [5.41, 5.74) is 5.93. The van der Waals surface area contributed by atoms with Crippen molar-refractivity contribution in [2.24, 2.45) is 0 Å².